The van der Waals surface area contributed by atoms with Crippen molar-refractivity contribution in [3.63, 3.8) is 0 Å². The number of rotatable bonds is 8. The van der Waals surface area contributed by atoms with Crippen molar-refractivity contribution in [1.29, 1.82) is 0 Å². The molecule has 0 bridgehead atoms. The summed E-state index contributed by atoms with van der Waals surface area (Å²) in [4.78, 5) is 32.7. The van der Waals surface area contributed by atoms with Gasteiger partial charge in [-0.1, -0.05) is 72.0 Å². The third-order valence-electron chi connectivity index (χ3n) is 5.16. The first kappa shape index (κ1) is 24.1. The van der Waals surface area contributed by atoms with Gasteiger partial charge in [0.1, 0.15) is 10.1 Å². The SMILES string of the molecule is COc1ccccc1C=C1SC(=S)N(CCC(=O)Nc2ncc(Cc3ccc(C)cc3)s2)C1=O. The van der Waals surface area contributed by atoms with E-state index in [1.165, 1.54) is 39.1 Å². The molecule has 2 aromatic carbocycles. The summed E-state index contributed by atoms with van der Waals surface area (Å²) in [6.07, 6.45) is 4.44. The van der Waals surface area contributed by atoms with Crippen LogP contribution >= 0.6 is 35.3 Å². The van der Waals surface area contributed by atoms with Crippen LogP contribution in [0.5, 0.6) is 5.75 Å². The molecule has 6 nitrogen and oxygen atoms in total. The molecule has 1 aliphatic heterocycles. The maximum Gasteiger partial charge on any atom is 0.266 e. The van der Waals surface area contributed by atoms with Gasteiger partial charge in [0.05, 0.1) is 12.0 Å². The summed E-state index contributed by atoms with van der Waals surface area (Å²) in [5, 5.41) is 3.38. The predicted octanol–water partition coefficient (Wildman–Crippen LogP) is 5.28. The molecule has 1 aromatic heterocycles. The number of hydrogen-bond donors (Lipinski definition) is 1. The fraction of sp³-hybridized carbons (Fsp3) is 0.200. The molecule has 0 atom stereocenters. The first-order valence-corrected chi connectivity index (χ1v) is 12.7. The number of amides is 2. The Morgan fingerprint density at radius 3 is 2.74 bits per heavy atom. The van der Waals surface area contributed by atoms with E-state index in [0.29, 0.717) is 20.1 Å². The number of para-hydroxylation sites is 1. The average Bonchev–Trinajstić information content (AvgIpc) is 3.37. The van der Waals surface area contributed by atoms with E-state index in [4.69, 9.17) is 17.0 Å². The number of ether oxygens (including phenoxy) is 1. The number of carbonyl (C=O) groups excluding carboxylic acids is 2. The zero-order valence-corrected chi connectivity index (χ0v) is 21.2. The first-order valence-electron chi connectivity index (χ1n) is 10.6. The molecule has 4 rings (SSSR count). The van der Waals surface area contributed by atoms with E-state index >= 15 is 0 Å². The minimum absolute atomic E-state index is 0.126. The molecule has 0 radical (unpaired) electrons. The molecule has 0 spiro atoms. The zero-order valence-electron chi connectivity index (χ0n) is 18.7. The summed E-state index contributed by atoms with van der Waals surface area (Å²) < 4.78 is 5.79. The summed E-state index contributed by atoms with van der Waals surface area (Å²) in [5.41, 5.74) is 3.22. The van der Waals surface area contributed by atoms with Crippen molar-refractivity contribution in [3.05, 3.63) is 81.2 Å². The number of aromatic nitrogens is 1. The molecular weight excluding hydrogens is 486 g/mol. The molecule has 3 aromatic rings. The Hall–Kier alpha value is -3.01. The van der Waals surface area contributed by atoms with Crippen LogP contribution in [0.3, 0.4) is 0 Å². The highest BCUT2D eigenvalue weighted by Crippen LogP contribution is 2.34. The molecule has 0 aliphatic carbocycles. The van der Waals surface area contributed by atoms with Crippen LogP contribution in [-0.4, -0.2) is 39.7 Å². The van der Waals surface area contributed by atoms with Gasteiger partial charge in [0.2, 0.25) is 5.91 Å². The maximum absolute atomic E-state index is 12.9. The van der Waals surface area contributed by atoms with E-state index < -0.39 is 0 Å². The van der Waals surface area contributed by atoms with Crippen LogP contribution in [0.25, 0.3) is 6.08 Å². The minimum Gasteiger partial charge on any atom is -0.496 e. The summed E-state index contributed by atoms with van der Waals surface area (Å²) in [6.45, 7) is 2.27. The fourth-order valence-corrected chi connectivity index (χ4v) is 5.53. The molecule has 1 N–H and O–H groups in total. The molecular formula is C25H23N3O3S3. The highest BCUT2D eigenvalue weighted by atomic mass is 32.2. The third kappa shape index (κ3) is 5.91. The number of thioether (sulfide) groups is 1. The Bertz CT molecular complexity index is 1250. The number of anilines is 1. The van der Waals surface area contributed by atoms with Crippen molar-refractivity contribution in [2.24, 2.45) is 0 Å². The Kier molecular flexibility index (Phi) is 7.77. The fourth-order valence-electron chi connectivity index (χ4n) is 3.37. The van der Waals surface area contributed by atoms with Crippen LogP contribution in [0, 0.1) is 6.92 Å². The van der Waals surface area contributed by atoms with E-state index in [1.54, 1.807) is 19.4 Å². The smallest absolute Gasteiger partial charge is 0.266 e. The Morgan fingerprint density at radius 2 is 1.97 bits per heavy atom. The van der Waals surface area contributed by atoms with Gasteiger partial charge in [0, 0.05) is 36.0 Å². The van der Waals surface area contributed by atoms with E-state index in [1.807, 2.05) is 24.3 Å². The molecule has 2 amide bonds. The second kappa shape index (κ2) is 10.9. The molecule has 34 heavy (non-hydrogen) atoms. The molecule has 1 fully saturated rings. The van der Waals surface area contributed by atoms with Gasteiger partial charge in [-0.05, 0) is 24.6 Å². The molecule has 0 saturated carbocycles. The third-order valence-corrected chi connectivity index (χ3v) is 7.45. The van der Waals surface area contributed by atoms with Crippen LogP contribution in [0.15, 0.2) is 59.6 Å². The highest BCUT2D eigenvalue weighted by Gasteiger charge is 2.32. The van der Waals surface area contributed by atoms with Crippen LogP contribution in [0.4, 0.5) is 5.13 Å². The molecule has 2 heterocycles. The zero-order chi connectivity index (χ0) is 24.1. The average molecular weight is 510 g/mol. The van der Waals surface area contributed by atoms with Gasteiger partial charge in [0.25, 0.3) is 5.91 Å². The molecule has 1 aliphatic rings. The van der Waals surface area contributed by atoms with Gasteiger partial charge < -0.3 is 10.1 Å². The summed E-state index contributed by atoms with van der Waals surface area (Å²) in [5.74, 6) is 0.264. The molecule has 174 valence electrons. The lowest BCUT2D eigenvalue weighted by molar-refractivity contribution is -0.122. The summed E-state index contributed by atoms with van der Waals surface area (Å²) in [7, 11) is 1.59. The van der Waals surface area contributed by atoms with Crippen LogP contribution in [0.2, 0.25) is 0 Å². The first-order chi connectivity index (χ1) is 16.4. The van der Waals surface area contributed by atoms with Crippen LogP contribution < -0.4 is 10.1 Å². The van der Waals surface area contributed by atoms with E-state index in [0.717, 1.165) is 16.9 Å². The van der Waals surface area contributed by atoms with Gasteiger partial charge in [-0.2, -0.15) is 0 Å². The Balaban J connectivity index is 1.32. The standard InChI is InChI=1S/C25H23N3O3S3/c1-16-7-9-17(10-8-16)13-19-15-26-24(33-19)27-22(29)11-12-28-23(30)21(34-25(28)32)14-18-5-3-4-6-20(18)31-2/h3-10,14-15H,11-13H2,1-2H3,(H,26,27,29). The number of thiazole rings is 1. The lowest BCUT2D eigenvalue weighted by Crippen LogP contribution is -2.31. The van der Waals surface area contributed by atoms with E-state index in [-0.39, 0.29) is 24.8 Å². The largest absolute Gasteiger partial charge is 0.496 e. The van der Waals surface area contributed by atoms with Gasteiger partial charge in [0.15, 0.2) is 5.13 Å². The van der Waals surface area contributed by atoms with E-state index in [9.17, 15) is 9.59 Å². The highest BCUT2D eigenvalue weighted by molar-refractivity contribution is 8.26. The van der Waals surface area contributed by atoms with Gasteiger partial charge >= 0.3 is 0 Å². The second-order valence-corrected chi connectivity index (χ2v) is 10.5. The molecule has 0 unspecified atom stereocenters. The maximum atomic E-state index is 12.9. The van der Waals surface area contributed by atoms with Crippen LogP contribution in [-0.2, 0) is 16.0 Å². The van der Waals surface area contributed by atoms with Crippen molar-refractivity contribution < 1.29 is 14.3 Å². The predicted molar refractivity (Wildman–Crippen MR) is 142 cm³/mol. The minimum atomic E-state index is -0.209. The van der Waals surface area contributed by atoms with E-state index in [2.05, 4.69) is 41.5 Å². The van der Waals surface area contributed by atoms with Crippen molar-refractivity contribution in [3.8, 4) is 5.75 Å². The molecule has 9 heteroatoms. The molecule has 1 saturated heterocycles. The number of aryl methyl sites for hydroxylation is 1. The Labute approximate surface area is 212 Å². The number of nitrogens with one attached hydrogen (secondary N) is 1. The summed E-state index contributed by atoms with van der Waals surface area (Å²) >= 11 is 8.06. The lowest BCUT2D eigenvalue weighted by Gasteiger charge is -2.13. The van der Waals surface area contributed by atoms with Gasteiger partial charge in [-0.3, -0.25) is 14.5 Å². The number of hydrogen-bond acceptors (Lipinski definition) is 7. The monoisotopic (exact) mass is 509 g/mol. The number of carbonyl (C=O) groups is 2. The second-order valence-electron chi connectivity index (χ2n) is 7.67. The topological polar surface area (TPSA) is 71.5 Å². The normalized spacial score (nSPS) is 14.6. The van der Waals surface area contributed by atoms with Crippen molar-refractivity contribution >= 4 is 62.7 Å². The number of nitrogens with zero attached hydrogens (tertiary/aromatic N) is 2. The summed E-state index contributed by atoms with van der Waals surface area (Å²) in [6, 6.07) is 15.8. The van der Waals surface area contributed by atoms with Gasteiger partial charge in [-0.15, -0.1) is 11.3 Å². The lowest BCUT2D eigenvalue weighted by atomic mass is 10.1. The van der Waals surface area contributed by atoms with Crippen molar-refractivity contribution in [2.75, 3.05) is 19.0 Å². The van der Waals surface area contributed by atoms with Crippen molar-refractivity contribution in [2.45, 2.75) is 19.8 Å². The van der Waals surface area contributed by atoms with Crippen molar-refractivity contribution in [1.82, 2.24) is 9.88 Å². The van der Waals surface area contributed by atoms with Gasteiger partial charge in [-0.25, -0.2) is 4.98 Å². The number of thiocarbonyl (C=S) groups is 1. The number of methoxy groups -OCH3 is 1. The quantitative estimate of drug-likeness (QED) is 0.329. The van der Waals surface area contributed by atoms with Crippen LogP contribution in [0.1, 0.15) is 28.0 Å². The number of benzene rings is 2. The Morgan fingerprint density at radius 1 is 1.21 bits per heavy atom.